The minimum absolute atomic E-state index is 0.0578. The van der Waals surface area contributed by atoms with Crippen LogP contribution >= 0.6 is 0 Å². The summed E-state index contributed by atoms with van der Waals surface area (Å²) in [7, 11) is 0. The predicted molar refractivity (Wildman–Crippen MR) is 68.5 cm³/mol. The average Bonchev–Trinajstić information content (AvgIpc) is 2.76. The summed E-state index contributed by atoms with van der Waals surface area (Å²) in [4.78, 5) is 23.0. The molecule has 2 amide bonds. The third-order valence-electron chi connectivity index (χ3n) is 3.27. The number of hydrogen-bond donors (Lipinski definition) is 2. The van der Waals surface area contributed by atoms with Gasteiger partial charge < -0.3 is 4.74 Å². The molecule has 0 aliphatic heterocycles. The van der Waals surface area contributed by atoms with Gasteiger partial charge in [0.25, 0.3) is 0 Å². The lowest BCUT2D eigenvalue weighted by molar-refractivity contribution is -0.124. The molecule has 0 saturated heterocycles. The Hall–Kier alpha value is -1.52. The maximum absolute atomic E-state index is 11.9. The van der Waals surface area contributed by atoms with E-state index in [1.807, 2.05) is 27.7 Å². The second-order valence-electron chi connectivity index (χ2n) is 5.40. The second kappa shape index (κ2) is 5.42. The van der Waals surface area contributed by atoms with Crippen LogP contribution in [-0.4, -0.2) is 18.6 Å². The van der Waals surface area contributed by atoms with Crippen LogP contribution in [0.25, 0.3) is 0 Å². The van der Waals surface area contributed by atoms with E-state index < -0.39 is 6.09 Å². The first-order chi connectivity index (χ1) is 8.30. The Morgan fingerprint density at radius 1 is 1.28 bits per heavy atom. The first-order valence-corrected chi connectivity index (χ1v) is 6.18. The highest BCUT2D eigenvalue weighted by molar-refractivity contribution is 5.85. The summed E-state index contributed by atoms with van der Waals surface area (Å²) in [5.74, 6) is -0.0450. The van der Waals surface area contributed by atoms with Gasteiger partial charge >= 0.3 is 6.09 Å². The molecule has 0 aromatic heterocycles. The highest BCUT2D eigenvalue weighted by Crippen LogP contribution is 2.59. The van der Waals surface area contributed by atoms with Crippen LogP contribution in [-0.2, 0) is 9.53 Å². The number of nitrogens with one attached hydrogen (secondary N) is 2. The third kappa shape index (κ3) is 3.24. The second-order valence-corrected chi connectivity index (χ2v) is 5.40. The van der Waals surface area contributed by atoms with Crippen LogP contribution in [0.5, 0.6) is 0 Å². The van der Waals surface area contributed by atoms with Crippen molar-refractivity contribution in [1.82, 2.24) is 10.9 Å². The minimum atomic E-state index is -0.636. The highest BCUT2D eigenvalue weighted by Gasteiger charge is 2.60. The van der Waals surface area contributed by atoms with Gasteiger partial charge in [0.2, 0.25) is 5.91 Å². The van der Waals surface area contributed by atoms with E-state index in [-0.39, 0.29) is 29.8 Å². The molecule has 1 rings (SSSR count). The van der Waals surface area contributed by atoms with E-state index in [1.165, 1.54) is 5.57 Å². The van der Waals surface area contributed by atoms with E-state index in [2.05, 4.69) is 21.7 Å². The van der Waals surface area contributed by atoms with Crippen molar-refractivity contribution in [2.75, 3.05) is 6.61 Å². The molecule has 0 unspecified atom stereocenters. The lowest BCUT2D eigenvalue weighted by Gasteiger charge is -2.07. The molecular formula is C13H22N2O3. The van der Waals surface area contributed by atoms with Gasteiger partial charge in [-0.3, -0.25) is 10.2 Å². The maximum Gasteiger partial charge on any atom is 0.426 e. The molecule has 2 atom stereocenters. The Morgan fingerprint density at radius 2 is 1.89 bits per heavy atom. The zero-order chi connectivity index (χ0) is 13.9. The molecule has 102 valence electrons. The summed E-state index contributed by atoms with van der Waals surface area (Å²) in [5, 5.41) is 0. The van der Waals surface area contributed by atoms with Crippen molar-refractivity contribution in [3.05, 3.63) is 11.6 Å². The van der Waals surface area contributed by atoms with Gasteiger partial charge in [0, 0.05) is 0 Å². The van der Waals surface area contributed by atoms with Crippen LogP contribution in [0.3, 0.4) is 0 Å². The molecule has 1 saturated carbocycles. The van der Waals surface area contributed by atoms with Crippen molar-refractivity contribution in [3.8, 4) is 0 Å². The molecule has 0 aromatic rings. The number of carbonyl (C=O) groups excluding carboxylic acids is 2. The van der Waals surface area contributed by atoms with E-state index in [1.54, 1.807) is 6.92 Å². The zero-order valence-corrected chi connectivity index (χ0v) is 11.7. The molecule has 1 fully saturated rings. The fourth-order valence-corrected chi connectivity index (χ4v) is 2.21. The van der Waals surface area contributed by atoms with Crippen LogP contribution in [0, 0.1) is 17.3 Å². The van der Waals surface area contributed by atoms with Gasteiger partial charge in [-0.05, 0) is 32.1 Å². The number of hydrazine groups is 1. The molecule has 0 spiro atoms. The van der Waals surface area contributed by atoms with Crippen LogP contribution in [0.4, 0.5) is 4.79 Å². The Morgan fingerprint density at radius 3 is 2.39 bits per heavy atom. The largest absolute Gasteiger partial charge is 0.449 e. The topological polar surface area (TPSA) is 67.4 Å². The number of amides is 2. The van der Waals surface area contributed by atoms with Crippen molar-refractivity contribution in [2.24, 2.45) is 17.3 Å². The quantitative estimate of drug-likeness (QED) is 0.598. The van der Waals surface area contributed by atoms with Crippen LogP contribution in [0.1, 0.15) is 34.6 Å². The van der Waals surface area contributed by atoms with Crippen molar-refractivity contribution in [3.63, 3.8) is 0 Å². The monoisotopic (exact) mass is 254 g/mol. The third-order valence-corrected chi connectivity index (χ3v) is 3.27. The van der Waals surface area contributed by atoms with Crippen molar-refractivity contribution in [1.29, 1.82) is 0 Å². The Labute approximate surface area is 108 Å². The molecule has 0 heterocycles. The van der Waals surface area contributed by atoms with E-state index in [0.29, 0.717) is 0 Å². The first kappa shape index (κ1) is 14.5. The summed E-state index contributed by atoms with van der Waals surface area (Å²) < 4.78 is 4.66. The van der Waals surface area contributed by atoms with Crippen molar-refractivity contribution in [2.45, 2.75) is 34.6 Å². The van der Waals surface area contributed by atoms with Crippen molar-refractivity contribution >= 4 is 12.0 Å². The molecular weight excluding hydrogens is 232 g/mol. The Kier molecular flexibility index (Phi) is 4.38. The molecule has 1 aliphatic rings. The van der Waals surface area contributed by atoms with E-state index >= 15 is 0 Å². The van der Waals surface area contributed by atoms with Crippen molar-refractivity contribution < 1.29 is 14.3 Å². The van der Waals surface area contributed by atoms with Gasteiger partial charge in [0.05, 0.1) is 12.5 Å². The smallest absolute Gasteiger partial charge is 0.426 e. The van der Waals surface area contributed by atoms with Gasteiger partial charge in [-0.25, -0.2) is 10.2 Å². The Balaban J connectivity index is 2.49. The molecule has 0 bridgehead atoms. The lowest BCUT2D eigenvalue weighted by Crippen LogP contribution is -2.43. The number of allylic oxidation sites excluding steroid dienone is 2. The van der Waals surface area contributed by atoms with E-state index in [0.717, 1.165) is 0 Å². The SMILES string of the molecule is CCOC(=O)NNC(=O)[C@@H]1[C@H](C=C(C)C)C1(C)C. The normalized spacial score (nSPS) is 23.8. The Bertz CT molecular complexity index is 370. The van der Waals surface area contributed by atoms with E-state index in [4.69, 9.17) is 0 Å². The summed E-state index contributed by atoms with van der Waals surface area (Å²) in [6.07, 6.45) is 1.47. The van der Waals surface area contributed by atoms with Gasteiger partial charge in [0.15, 0.2) is 0 Å². The summed E-state index contributed by atoms with van der Waals surface area (Å²) in [5.41, 5.74) is 5.77. The number of hydrogen-bond acceptors (Lipinski definition) is 3. The van der Waals surface area contributed by atoms with Gasteiger partial charge in [0.1, 0.15) is 0 Å². The van der Waals surface area contributed by atoms with Crippen LogP contribution in [0.2, 0.25) is 0 Å². The molecule has 5 nitrogen and oxygen atoms in total. The van der Waals surface area contributed by atoms with E-state index in [9.17, 15) is 9.59 Å². The number of ether oxygens (including phenoxy) is 1. The first-order valence-electron chi connectivity index (χ1n) is 6.18. The summed E-state index contributed by atoms with van der Waals surface area (Å²) >= 11 is 0. The standard InChI is InChI=1S/C13H22N2O3/c1-6-18-12(17)15-14-11(16)10-9(7-8(2)3)13(10,4)5/h7,9-10H,6H2,1-5H3,(H,14,16)(H,15,17)/t9-,10-/m0/s1. The predicted octanol–water partition coefficient (Wildman–Crippen LogP) is 2.00. The fraction of sp³-hybridized carbons (Fsp3) is 0.692. The van der Waals surface area contributed by atoms with Gasteiger partial charge in [-0.1, -0.05) is 25.5 Å². The van der Waals surface area contributed by atoms with Crippen LogP contribution in [0.15, 0.2) is 11.6 Å². The minimum Gasteiger partial charge on any atom is -0.449 e. The molecule has 5 heteroatoms. The molecule has 0 aromatic carbocycles. The fourth-order valence-electron chi connectivity index (χ4n) is 2.21. The van der Waals surface area contributed by atoms with Gasteiger partial charge in [-0.2, -0.15) is 0 Å². The zero-order valence-electron chi connectivity index (χ0n) is 11.7. The number of rotatable bonds is 3. The van der Waals surface area contributed by atoms with Crippen LogP contribution < -0.4 is 10.9 Å². The highest BCUT2D eigenvalue weighted by atomic mass is 16.5. The summed E-state index contributed by atoms with van der Waals surface area (Å²) in [6.45, 7) is 10.1. The molecule has 18 heavy (non-hydrogen) atoms. The molecule has 0 radical (unpaired) electrons. The maximum atomic E-state index is 11.9. The number of carbonyl (C=O) groups is 2. The molecule has 1 aliphatic carbocycles. The summed E-state index contributed by atoms with van der Waals surface area (Å²) in [6, 6.07) is 0. The average molecular weight is 254 g/mol. The van der Waals surface area contributed by atoms with Gasteiger partial charge in [-0.15, -0.1) is 0 Å². The molecule has 2 N–H and O–H groups in total. The lowest BCUT2D eigenvalue weighted by atomic mass is 10.1.